The number of ether oxygens (including phenoxy) is 2. The number of aliphatic hydroxyl groups is 3. The molecule has 2 saturated heterocycles. The second kappa shape index (κ2) is 6.94. The van der Waals surface area contributed by atoms with Gasteiger partial charge in [0.2, 0.25) is 0 Å². The van der Waals surface area contributed by atoms with Crippen LogP contribution in [-0.2, 0) is 9.47 Å². The highest BCUT2D eigenvalue weighted by atomic mass is 16.7. The van der Waals surface area contributed by atoms with Crippen molar-refractivity contribution in [3.05, 3.63) is 0 Å². The molecule has 0 aromatic heterocycles. The fraction of sp³-hybridized carbons (Fsp3) is 1.00. The molecule has 3 N–H and O–H groups in total. The van der Waals surface area contributed by atoms with Gasteiger partial charge in [0.05, 0.1) is 30.5 Å². The molecule has 0 radical (unpaired) electrons. The van der Waals surface area contributed by atoms with Gasteiger partial charge >= 0.3 is 0 Å². The van der Waals surface area contributed by atoms with E-state index in [0.717, 1.165) is 32.1 Å². The summed E-state index contributed by atoms with van der Waals surface area (Å²) in [7, 11) is 0. The Labute approximate surface area is 193 Å². The van der Waals surface area contributed by atoms with Crippen LogP contribution in [-0.4, -0.2) is 51.6 Å². The molecule has 5 nitrogen and oxygen atoms in total. The molecule has 4 saturated carbocycles. The van der Waals surface area contributed by atoms with Gasteiger partial charge in [-0.2, -0.15) is 0 Å². The van der Waals surface area contributed by atoms with Crippen LogP contribution < -0.4 is 0 Å². The van der Waals surface area contributed by atoms with E-state index in [0.29, 0.717) is 48.5 Å². The van der Waals surface area contributed by atoms with Crippen molar-refractivity contribution in [1.82, 2.24) is 0 Å². The Morgan fingerprint density at radius 3 is 2.38 bits per heavy atom. The first-order chi connectivity index (χ1) is 15.0. The minimum absolute atomic E-state index is 0.0487. The van der Waals surface area contributed by atoms with Crippen LogP contribution in [0.15, 0.2) is 0 Å². The number of hydrogen-bond acceptors (Lipinski definition) is 5. The summed E-state index contributed by atoms with van der Waals surface area (Å²) in [6.45, 7) is 9.46. The van der Waals surface area contributed by atoms with Crippen LogP contribution in [0.3, 0.4) is 0 Å². The second-order valence-electron chi connectivity index (χ2n) is 13.5. The number of hydrogen-bond donors (Lipinski definition) is 3. The van der Waals surface area contributed by atoms with E-state index >= 15 is 0 Å². The molecule has 6 fully saturated rings. The number of aliphatic hydroxyl groups excluding tert-OH is 2. The molecule has 1 spiro atoms. The van der Waals surface area contributed by atoms with E-state index in [9.17, 15) is 15.3 Å². The molecule has 0 unspecified atom stereocenters. The molecule has 32 heavy (non-hydrogen) atoms. The van der Waals surface area contributed by atoms with Gasteiger partial charge in [0.25, 0.3) is 0 Å². The first-order valence-corrected chi connectivity index (χ1v) is 13.4. The Balaban J connectivity index is 1.26. The SMILES string of the molecule is C[C@H]1[C@H]2[C@H](C[C@H]3[C@@H]4CC[C@H]5C[C@H](O)C[C@@H](O)[C@]5(C)[C@H]4CC[C@]23C)O[C@]12CC[C@](C)(O)CO2. The largest absolute Gasteiger partial charge is 0.393 e. The Bertz CT molecular complexity index is 757. The average molecular weight is 449 g/mol. The quantitative estimate of drug-likeness (QED) is 0.524. The Morgan fingerprint density at radius 2 is 1.66 bits per heavy atom. The van der Waals surface area contributed by atoms with Gasteiger partial charge in [0.1, 0.15) is 0 Å². The molecular formula is C27H44O5. The van der Waals surface area contributed by atoms with E-state index < -0.39 is 11.4 Å². The topological polar surface area (TPSA) is 79.2 Å². The third-order valence-electron chi connectivity index (χ3n) is 12.0. The Morgan fingerprint density at radius 1 is 0.875 bits per heavy atom. The second-order valence-corrected chi connectivity index (χ2v) is 13.5. The summed E-state index contributed by atoms with van der Waals surface area (Å²) in [5, 5.41) is 31.9. The summed E-state index contributed by atoms with van der Waals surface area (Å²) < 4.78 is 13.1. The monoisotopic (exact) mass is 448 g/mol. The Hall–Kier alpha value is -0.200. The van der Waals surface area contributed by atoms with Gasteiger partial charge in [0, 0.05) is 12.3 Å². The van der Waals surface area contributed by atoms with E-state index in [2.05, 4.69) is 20.8 Å². The molecule has 6 rings (SSSR count). The van der Waals surface area contributed by atoms with E-state index in [1.807, 2.05) is 6.92 Å². The molecule has 0 aromatic carbocycles. The fourth-order valence-corrected chi connectivity index (χ4v) is 10.3. The van der Waals surface area contributed by atoms with Crippen LogP contribution >= 0.6 is 0 Å². The van der Waals surface area contributed by atoms with Gasteiger partial charge in [0.15, 0.2) is 5.79 Å². The molecule has 2 heterocycles. The molecule has 4 aliphatic carbocycles. The maximum Gasteiger partial charge on any atom is 0.171 e. The van der Waals surface area contributed by atoms with Crippen molar-refractivity contribution in [2.75, 3.05) is 6.61 Å². The smallest absolute Gasteiger partial charge is 0.171 e. The standard InChI is InChI=1S/C27H44O5/c1-15-23-21(32-27(15)10-9-24(2,30)14-31-27)13-20-18-6-5-16-11-17(28)12-22(29)26(16,4)19(18)7-8-25(20,23)3/h15-23,28-30H,5-14H2,1-4H3/t15-,16-,17-,18+,19-,20-,21-,22+,23-,24-,25-,26-,27+/m0/s1. The molecule has 2 aliphatic heterocycles. The molecule has 0 aromatic rings. The van der Waals surface area contributed by atoms with Crippen molar-refractivity contribution < 1.29 is 24.8 Å². The molecule has 0 bridgehead atoms. The summed E-state index contributed by atoms with van der Waals surface area (Å²) in [4.78, 5) is 0. The normalized spacial score (nSPS) is 64.0. The lowest BCUT2D eigenvalue weighted by Crippen LogP contribution is -2.59. The highest BCUT2D eigenvalue weighted by Gasteiger charge is 2.70. The van der Waals surface area contributed by atoms with Crippen molar-refractivity contribution in [2.24, 2.45) is 46.3 Å². The van der Waals surface area contributed by atoms with Crippen LogP contribution in [0.1, 0.15) is 85.5 Å². The van der Waals surface area contributed by atoms with Crippen molar-refractivity contribution in [2.45, 2.75) is 115 Å². The lowest BCUT2D eigenvalue weighted by atomic mass is 9.43. The zero-order valence-corrected chi connectivity index (χ0v) is 20.4. The van der Waals surface area contributed by atoms with Crippen LogP contribution in [0.4, 0.5) is 0 Å². The number of rotatable bonds is 0. The summed E-state index contributed by atoms with van der Waals surface area (Å²) in [6, 6.07) is 0. The minimum Gasteiger partial charge on any atom is -0.393 e. The lowest BCUT2D eigenvalue weighted by Gasteiger charge is -2.62. The van der Waals surface area contributed by atoms with Gasteiger partial charge in [-0.3, -0.25) is 0 Å². The van der Waals surface area contributed by atoms with Gasteiger partial charge in [-0.05, 0) is 98.7 Å². The van der Waals surface area contributed by atoms with Gasteiger partial charge in [-0.25, -0.2) is 0 Å². The van der Waals surface area contributed by atoms with Crippen molar-refractivity contribution in [3.63, 3.8) is 0 Å². The first-order valence-electron chi connectivity index (χ1n) is 13.4. The van der Waals surface area contributed by atoms with E-state index in [1.54, 1.807) is 0 Å². The molecule has 182 valence electrons. The Kier molecular flexibility index (Phi) is 4.83. The molecule has 0 amide bonds. The molecule has 13 atom stereocenters. The predicted molar refractivity (Wildman–Crippen MR) is 121 cm³/mol. The van der Waals surface area contributed by atoms with Crippen molar-refractivity contribution in [3.8, 4) is 0 Å². The van der Waals surface area contributed by atoms with Crippen LogP contribution in [0.2, 0.25) is 0 Å². The first kappa shape index (κ1) is 22.3. The zero-order valence-electron chi connectivity index (χ0n) is 20.4. The third-order valence-corrected chi connectivity index (χ3v) is 12.0. The average Bonchev–Trinajstić information content (AvgIpc) is 3.17. The van der Waals surface area contributed by atoms with Crippen LogP contribution in [0, 0.1) is 46.3 Å². The summed E-state index contributed by atoms with van der Waals surface area (Å²) in [5.74, 6) is 2.67. The zero-order chi connectivity index (χ0) is 22.7. The number of fused-ring (bicyclic) bond motifs is 7. The highest BCUT2D eigenvalue weighted by Crippen LogP contribution is 2.71. The maximum absolute atomic E-state index is 11.2. The predicted octanol–water partition coefficient (Wildman–Crippen LogP) is 3.88. The van der Waals surface area contributed by atoms with Gasteiger partial charge in [-0.1, -0.05) is 20.8 Å². The maximum atomic E-state index is 11.2. The van der Waals surface area contributed by atoms with E-state index in [-0.39, 0.29) is 29.1 Å². The minimum atomic E-state index is -0.737. The summed E-state index contributed by atoms with van der Waals surface area (Å²) in [6.07, 6.45) is 8.39. The van der Waals surface area contributed by atoms with Crippen molar-refractivity contribution >= 4 is 0 Å². The van der Waals surface area contributed by atoms with E-state index in [4.69, 9.17) is 9.47 Å². The van der Waals surface area contributed by atoms with E-state index in [1.165, 1.54) is 19.3 Å². The van der Waals surface area contributed by atoms with Crippen LogP contribution in [0.25, 0.3) is 0 Å². The third kappa shape index (κ3) is 2.81. The summed E-state index contributed by atoms with van der Waals surface area (Å²) >= 11 is 0. The highest BCUT2D eigenvalue weighted by molar-refractivity contribution is 5.16. The van der Waals surface area contributed by atoms with Gasteiger partial charge < -0.3 is 24.8 Å². The molecule has 6 aliphatic rings. The lowest BCUT2D eigenvalue weighted by molar-refractivity contribution is -0.294. The molecule has 5 heteroatoms. The van der Waals surface area contributed by atoms with Crippen LogP contribution in [0.5, 0.6) is 0 Å². The van der Waals surface area contributed by atoms with Gasteiger partial charge in [-0.15, -0.1) is 0 Å². The molecular weight excluding hydrogens is 404 g/mol. The fourth-order valence-electron chi connectivity index (χ4n) is 10.3. The van der Waals surface area contributed by atoms with Crippen molar-refractivity contribution in [1.29, 1.82) is 0 Å². The summed E-state index contributed by atoms with van der Waals surface area (Å²) in [5.41, 5.74) is -0.521.